The fourth-order valence-corrected chi connectivity index (χ4v) is 23.4. The van der Waals surface area contributed by atoms with Crippen LogP contribution in [-0.4, -0.2) is 49.8 Å². The minimum absolute atomic E-state index is 0.606. The molecule has 0 bridgehead atoms. The Bertz CT molecular complexity index is 719. The summed E-state index contributed by atoms with van der Waals surface area (Å²) in [5.74, 6) is 0. The minimum Gasteiger partial charge on any atom is -0.0654 e. The van der Waals surface area contributed by atoms with Crippen molar-refractivity contribution in [3.05, 3.63) is 41.3 Å². The Morgan fingerprint density at radius 2 is 0.914 bits per heavy atom. The molecule has 0 aromatic rings. The molecule has 0 saturated heterocycles. The average molecular weight is 594 g/mol. The normalized spacial score (nSPS) is 16.8. The van der Waals surface area contributed by atoms with Crippen molar-refractivity contribution < 1.29 is 23.2 Å². The van der Waals surface area contributed by atoms with Gasteiger partial charge in [0, 0.05) is 0 Å². The zero-order chi connectivity index (χ0) is 27.1. The summed E-state index contributed by atoms with van der Waals surface area (Å²) in [4.78, 5) is 0. The van der Waals surface area contributed by atoms with Gasteiger partial charge in [-0.2, -0.15) is 0 Å². The molecule has 0 atom stereocenters. The standard InChI is InChI=1S/2C13H24NSi.C4H10.Zr/c2*1-11(2)14(12(3)4)15(5,6)13-9-7-8-10-13;1-3-4-2;/h2*7,9,11-12H,8H2,1-6H3;3-4H2,1-2H3;. The van der Waals surface area contributed by atoms with Crippen LogP contribution in [0.4, 0.5) is 0 Å². The molecule has 0 aromatic carbocycles. The van der Waals surface area contributed by atoms with Gasteiger partial charge in [0.05, 0.1) is 0 Å². The first kappa shape index (κ1) is 33.2. The fourth-order valence-electron chi connectivity index (χ4n) is 6.63. The maximum Gasteiger partial charge on any atom is -0.0564 e. The van der Waals surface area contributed by atoms with E-state index in [1.165, 1.54) is 25.7 Å². The molecule has 0 saturated carbocycles. The third kappa shape index (κ3) is 8.34. The molecule has 0 heterocycles. The summed E-state index contributed by atoms with van der Waals surface area (Å²) in [5, 5.41) is 3.54. The molecule has 0 fully saturated rings. The topological polar surface area (TPSA) is 6.48 Å². The van der Waals surface area contributed by atoms with E-state index in [0.29, 0.717) is 24.2 Å². The molecule has 0 radical (unpaired) electrons. The molecular formula is C30H58N2Si2Zr. The second kappa shape index (κ2) is 14.4. The van der Waals surface area contributed by atoms with Gasteiger partial charge >= 0.3 is 209 Å². The Kier molecular flexibility index (Phi) is 13.6. The van der Waals surface area contributed by atoms with Crippen molar-refractivity contribution in [2.45, 2.75) is 145 Å². The molecule has 200 valence electrons. The van der Waals surface area contributed by atoms with Crippen molar-refractivity contribution in [1.29, 1.82) is 0 Å². The third-order valence-corrected chi connectivity index (χ3v) is 20.8. The molecule has 0 unspecified atom stereocenters. The molecule has 0 spiro atoms. The maximum absolute atomic E-state index is 2.84. The van der Waals surface area contributed by atoms with Crippen molar-refractivity contribution in [1.82, 2.24) is 9.13 Å². The number of unbranched alkanes of at least 4 members (excludes halogenated alkanes) is 1. The van der Waals surface area contributed by atoms with Crippen LogP contribution in [0.2, 0.25) is 26.2 Å². The van der Waals surface area contributed by atoms with Crippen LogP contribution < -0.4 is 0 Å². The van der Waals surface area contributed by atoms with Gasteiger partial charge in [-0.3, -0.25) is 0 Å². The van der Waals surface area contributed by atoms with Gasteiger partial charge in [0.1, 0.15) is 0 Å². The van der Waals surface area contributed by atoms with Crippen molar-refractivity contribution in [3.63, 3.8) is 0 Å². The maximum atomic E-state index is 2.84. The van der Waals surface area contributed by atoms with Crippen molar-refractivity contribution in [2.24, 2.45) is 0 Å². The van der Waals surface area contributed by atoms with E-state index in [1.807, 2.05) is 6.56 Å². The van der Waals surface area contributed by atoms with E-state index in [9.17, 15) is 0 Å². The zero-order valence-electron chi connectivity index (χ0n) is 25.8. The summed E-state index contributed by atoms with van der Waals surface area (Å²) in [6.07, 6.45) is 15.1. The van der Waals surface area contributed by atoms with Gasteiger partial charge in [0.2, 0.25) is 0 Å². The quantitative estimate of drug-likeness (QED) is 0.221. The Balaban J connectivity index is 0.00000142. The van der Waals surface area contributed by atoms with E-state index in [0.717, 1.165) is 0 Å². The van der Waals surface area contributed by atoms with E-state index in [1.54, 1.807) is 10.4 Å². The first-order chi connectivity index (χ1) is 16.1. The van der Waals surface area contributed by atoms with Crippen LogP contribution in [0.5, 0.6) is 0 Å². The fraction of sp³-hybridized carbons (Fsp3) is 0.733. The van der Waals surface area contributed by atoms with Crippen molar-refractivity contribution in [3.8, 4) is 0 Å². The van der Waals surface area contributed by atoms with Gasteiger partial charge in [-0.15, -0.1) is 0 Å². The number of hydrogen-bond acceptors (Lipinski definition) is 2. The molecule has 35 heavy (non-hydrogen) atoms. The van der Waals surface area contributed by atoms with E-state index in [2.05, 4.69) is 129 Å². The molecule has 2 aliphatic rings. The summed E-state index contributed by atoms with van der Waals surface area (Å²) in [5.41, 5.74) is 0. The predicted molar refractivity (Wildman–Crippen MR) is 161 cm³/mol. The molecule has 0 aromatic heterocycles. The first-order valence-corrected chi connectivity index (χ1v) is 22.6. The van der Waals surface area contributed by atoms with Crippen LogP contribution in [0, 0.1) is 0 Å². The molecule has 0 amide bonds. The molecular weight excluding hydrogens is 536 g/mol. The van der Waals surface area contributed by atoms with Crippen LogP contribution in [0.1, 0.15) is 94.9 Å². The van der Waals surface area contributed by atoms with E-state index in [4.69, 9.17) is 0 Å². The number of hydrogen-bond donors (Lipinski definition) is 0. The minimum atomic E-state index is -1.66. The molecule has 0 N–H and O–H groups in total. The number of rotatable bonds is 11. The van der Waals surface area contributed by atoms with Gasteiger partial charge in [-0.1, -0.05) is 26.7 Å². The van der Waals surface area contributed by atoms with E-state index < -0.39 is 39.7 Å². The second-order valence-corrected chi connectivity index (χ2v) is 24.4. The van der Waals surface area contributed by atoms with Crippen LogP contribution in [0.25, 0.3) is 0 Å². The van der Waals surface area contributed by atoms with Crippen LogP contribution in [0.3, 0.4) is 0 Å². The van der Waals surface area contributed by atoms with Gasteiger partial charge in [0.15, 0.2) is 0 Å². The van der Waals surface area contributed by atoms with Crippen molar-refractivity contribution in [2.75, 3.05) is 0 Å². The first-order valence-electron chi connectivity index (χ1n) is 14.3. The van der Waals surface area contributed by atoms with Gasteiger partial charge in [0.25, 0.3) is 0 Å². The van der Waals surface area contributed by atoms with Gasteiger partial charge in [-0.05, 0) is 0 Å². The summed E-state index contributed by atoms with van der Waals surface area (Å²) in [6, 6.07) is 2.42. The van der Waals surface area contributed by atoms with E-state index in [-0.39, 0.29) is 0 Å². The zero-order valence-corrected chi connectivity index (χ0v) is 30.3. The SMILES string of the molecule is CC(C)N(C(C)C)[Si](C)(C)C1=[C]([Zr][C]2=C([Si](C)(C)N(C(C)C)C(C)C)C=CC2)CC=C1.CCCC. The number of allylic oxidation sites excluding steroid dienone is 8. The average Bonchev–Trinajstić information content (AvgIpc) is 3.36. The van der Waals surface area contributed by atoms with Gasteiger partial charge in [-0.25, -0.2) is 0 Å². The molecule has 2 aliphatic carbocycles. The molecule has 2 nitrogen and oxygen atoms in total. The monoisotopic (exact) mass is 592 g/mol. The smallest absolute Gasteiger partial charge is 0.0564 e. The molecule has 0 aliphatic heterocycles. The third-order valence-electron chi connectivity index (χ3n) is 7.50. The second-order valence-electron chi connectivity index (χ2n) is 12.4. The Morgan fingerprint density at radius 1 is 0.629 bits per heavy atom. The Labute approximate surface area is 234 Å². The summed E-state index contributed by atoms with van der Waals surface area (Å²) >= 11 is -0.755. The largest absolute Gasteiger partial charge is 0.0654 e. The number of nitrogens with zero attached hydrogens (tertiary/aromatic N) is 2. The predicted octanol–water partition coefficient (Wildman–Crippen LogP) is 9.03. The molecule has 2 rings (SSSR count). The summed E-state index contributed by atoms with van der Waals surface area (Å²) < 4.78 is 9.43. The van der Waals surface area contributed by atoms with Crippen molar-refractivity contribution >= 4 is 16.5 Å². The van der Waals surface area contributed by atoms with Crippen LogP contribution in [0.15, 0.2) is 41.3 Å². The van der Waals surface area contributed by atoms with Gasteiger partial charge < -0.3 is 0 Å². The Hall–Kier alpha value is 0.197. The summed E-state index contributed by atoms with van der Waals surface area (Å²) in [6.45, 7) is 33.8. The summed E-state index contributed by atoms with van der Waals surface area (Å²) in [7, 11) is -3.32. The Morgan fingerprint density at radius 3 is 1.14 bits per heavy atom. The van der Waals surface area contributed by atoms with E-state index >= 15 is 0 Å². The van der Waals surface area contributed by atoms with Crippen LogP contribution >= 0.6 is 0 Å². The molecule has 5 heteroatoms. The van der Waals surface area contributed by atoms with Crippen LogP contribution in [-0.2, 0) is 23.2 Å².